The first-order valence-electron chi connectivity index (χ1n) is 8.48. The van der Waals surface area contributed by atoms with E-state index >= 15 is 0 Å². The average molecular weight is 409 g/mol. The molecular weight excluding hydrogens is 394 g/mol. The highest BCUT2D eigenvalue weighted by atomic mass is 19.4. The second kappa shape index (κ2) is 7.90. The zero-order chi connectivity index (χ0) is 21.2. The fourth-order valence-electron chi connectivity index (χ4n) is 2.84. The van der Waals surface area contributed by atoms with Gasteiger partial charge in [-0.25, -0.2) is 4.39 Å². The highest BCUT2D eigenvalue weighted by molar-refractivity contribution is 6.41. The van der Waals surface area contributed by atoms with E-state index in [1.165, 1.54) is 23.1 Å². The largest absolute Gasteiger partial charge is 0.416 e. The number of nitrogens with one attached hydrogen (secondary N) is 1. The number of amides is 3. The zero-order valence-corrected chi connectivity index (χ0v) is 14.9. The first-order valence-corrected chi connectivity index (χ1v) is 8.48. The summed E-state index contributed by atoms with van der Waals surface area (Å²) >= 11 is 0. The lowest BCUT2D eigenvalue weighted by molar-refractivity contribution is -0.147. The van der Waals surface area contributed by atoms with E-state index in [2.05, 4.69) is 5.32 Å². The molecule has 0 bridgehead atoms. The molecule has 0 radical (unpaired) electrons. The molecule has 2 aromatic carbocycles. The summed E-state index contributed by atoms with van der Waals surface area (Å²) in [5, 5.41) is 2.29. The molecule has 0 aromatic heterocycles. The number of carbonyl (C=O) groups is 3. The molecule has 0 saturated carbocycles. The molecule has 1 saturated heterocycles. The lowest BCUT2D eigenvalue weighted by atomic mass is 10.2. The second-order valence-electron chi connectivity index (χ2n) is 6.29. The smallest absolute Gasteiger partial charge is 0.325 e. The number of halogens is 4. The molecule has 0 atom stereocenters. The van der Waals surface area contributed by atoms with Crippen LogP contribution in [-0.4, -0.2) is 42.3 Å². The summed E-state index contributed by atoms with van der Waals surface area (Å²) in [6.07, 6.45) is -4.56. The summed E-state index contributed by atoms with van der Waals surface area (Å²) < 4.78 is 51.2. The number of rotatable bonds is 4. The predicted octanol–water partition coefficient (Wildman–Crippen LogP) is 2.66. The van der Waals surface area contributed by atoms with Gasteiger partial charge in [-0.05, 0) is 42.5 Å². The van der Waals surface area contributed by atoms with Crippen LogP contribution in [0, 0.1) is 5.82 Å². The van der Waals surface area contributed by atoms with Crippen molar-refractivity contribution in [2.24, 2.45) is 0 Å². The van der Waals surface area contributed by atoms with Crippen LogP contribution in [0.5, 0.6) is 0 Å². The van der Waals surface area contributed by atoms with E-state index in [9.17, 15) is 31.9 Å². The fourth-order valence-corrected chi connectivity index (χ4v) is 2.84. The summed E-state index contributed by atoms with van der Waals surface area (Å²) in [6, 6.07) is 9.10. The van der Waals surface area contributed by atoms with Crippen LogP contribution < -0.4 is 10.2 Å². The molecule has 0 spiro atoms. The Hall–Kier alpha value is -3.43. The highest BCUT2D eigenvalue weighted by Crippen LogP contribution is 2.30. The number of hydrogen-bond donors (Lipinski definition) is 1. The normalized spacial score (nSPS) is 14.9. The van der Waals surface area contributed by atoms with Crippen LogP contribution in [0.2, 0.25) is 0 Å². The quantitative estimate of drug-likeness (QED) is 0.624. The third-order valence-electron chi connectivity index (χ3n) is 4.26. The van der Waals surface area contributed by atoms with Gasteiger partial charge in [0, 0.05) is 24.5 Å². The number of anilines is 2. The van der Waals surface area contributed by atoms with Crippen LogP contribution in [0.1, 0.15) is 5.56 Å². The number of alkyl halides is 3. The molecule has 0 unspecified atom stereocenters. The van der Waals surface area contributed by atoms with E-state index in [-0.39, 0.29) is 18.8 Å². The number of nitrogens with zero attached hydrogens (tertiary/aromatic N) is 2. The van der Waals surface area contributed by atoms with Gasteiger partial charge in [0.25, 0.3) is 0 Å². The Balaban J connectivity index is 1.63. The molecule has 3 rings (SSSR count). The van der Waals surface area contributed by atoms with Crippen molar-refractivity contribution >= 4 is 29.1 Å². The van der Waals surface area contributed by atoms with Gasteiger partial charge in [-0.2, -0.15) is 13.2 Å². The van der Waals surface area contributed by atoms with Crippen molar-refractivity contribution in [1.29, 1.82) is 0 Å². The molecule has 1 aliphatic rings. The predicted molar refractivity (Wildman–Crippen MR) is 95.4 cm³/mol. The Morgan fingerprint density at radius 2 is 1.69 bits per heavy atom. The summed E-state index contributed by atoms with van der Waals surface area (Å²) in [7, 11) is 0. The van der Waals surface area contributed by atoms with Crippen molar-refractivity contribution in [3.63, 3.8) is 0 Å². The molecule has 0 aliphatic carbocycles. The van der Waals surface area contributed by atoms with Gasteiger partial charge in [0.2, 0.25) is 5.91 Å². The van der Waals surface area contributed by atoms with Crippen molar-refractivity contribution in [3.05, 3.63) is 59.9 Å². The Morgan fingerprint density at radius 1 is 1.00 bits per heavy atom. The first-order chi connectivity index (χ1) is 13.6. The Labute approximate surface area is 162 Å². The minimum absolute atomic E-state index is 0.0396. The average Bonchev–Trinajstić information content (AvgIpc) is 2.66. The van der Waals surface area contributed by atoms with Crippen molar-refractivity contribution in [3.8, 4) is 0 Å². The molecule has 6 nitrogen and oxygen atoms in total. The molecule has 10 heteroatoms. The van der Waals surface area contributed by atoms with Gasteiger partial charge in [-0.1, -0.05) is 6.07 Å². The van der Waals surface area contributed by atoms with Crippen LogP contribution in [0.15, 0.2) is 48.5 Å². The fraction of sp³-hybridized carbons (Fsp3) is 0.211. The lowest BCUT2D eigenvalue weighted by Gasteiger charge is -2.33. The molecule has 1 aliphatic heterocycles. The van der Waals surface area contributed by atoms with Gasteiger partial charge >= 0.3 is 18.0 Å². The Morgan fingerprint density at radius 3 is 2.34 bits per heavy atom. The van der Waals surface area contributed by atoms with Gasteiger partial charge in [0.05, 0.1) is 5.56 Å². The maximum atomic E-state index is 13.0. The van der Waals surface area contributed by atoms with Crippen LogP contribution in [0.25, 0.3) is 0 Å². The molecule has 29 heavy (non-hydrogen) atoms. The highest BCUT2D eigenvalue weighted by Gasteiger charge is 2.34. The van der Waals surface area contributed by atoms with E-state index in [0.717, 1.165) is 35.2 Å². The van der Waals surface area contributed by atoms with Crippen LogP contribution in [0.3, 0.4) is 0 Å². The second-order valence-corrected chi connectivity index (χ2v) is 6.29. The van der Waals surface area contributed by atoms with Crippen molar-refractivity contribution in [2.75, 3.05) is 29.9 Å². The van der Waals surface area contributed by atoms with E-state index in [1.54, 1.807) is 0 Å². The molecular formula is C19H15F4N3O3. The Kier molecular flexibility index (Phi) is 5.53. The summed E-state index contributed by atoms with van der Waals surface area (Å²) in [4.78, 5) is 38.9. The van der Waals surface area contributed by atoms with Gasteiger partial charge in [-0.3, -0.25) is 14.4 Å². The van der Waals surface area contributed by atoms with Gasteiger partial charge in [0.1, 0.15) is 12.4 Å². The molecule has 1 heterocycles. The number of benzene rings is 2. The third kappa shape index (κ3) is 4.71. The summed E-state index contributed by atoms with van der Waals surface area (Å²) in [5.74, 6) is -3.03. The molecule has 152 valence electrons. The zero-order valence-electron chi connectivity index (χ0n) is 14.9. The minimum Gasteiger partial charge on any atom is -0.325 e. The van der Waals surface area contributed by atoms with Crippen molar-refractivity contribution in [2.45, 2.75) is 6.18 Å². The molecule has 1 N–H and O–H groups in total. The van der Waals surface area contributed by atoms with Crippen molar-refractivity contribution in [1.82, 2.24) is 4.90 Å². The topological polar surface area (TPSA) is 69.7 Å². The van der Waals surface area contributed by atoms with Crippen LogP contribution >= 0.6 is 0 Å². The van der Waals surface area contributed by atoms with Crippen LogP contribution in [0.4, 0.5) is 28.9 Å². The van der Waals surface area contributed by atoms with Gasteiger partial charge in [-0.15, -0.1) is 0 Å². The third-order valence-corrected chi connectivity index (χ3v) is 4.26. The maximum Gasteiger partial charge on any atom is 0.416 e. The SMILES string of the molecule is O=C(CN1CCN(c2ccc(F)cc2)C(=O)C1=O)Nc1cccc(C(F)(F)F)c1. The van der Waals surface area contributed by atoms with E-state index in [1.807, 2.05) is 0 Å². The van der Waals surface area contributed by atoms with Gasteiger partial charge < -0.3 is 15.1 Å². The van der Waals surface area contributed by atoms with Crippen LogP contribution in [-0.2, 0) is 20.6 Å². The number of carbonyl (C=O) groups excluding carboxylic acids is 3. The monoisotopic (exact) mass is 409 g/mol. The minimum atomic E-state index is -4.56. The standard InChI is InChI=1S/C19H15F4N3O3/c20-13-4-6-15(7-5-13)26-9-8-25(17(28)18(26)29)11-16(27)24-14-3-1-2-12(10-14)19(21,22)23/h1-7,10H,8-9,11H2,(H,24,27). The molecule has 2 aromatic rings. The van der Waals surface area contributed by atoms with E-state index in [0.29, 0.717) is 5.69 Å². The number of piperazine rings is 1. The summed E-state index contributed by atoms with van der Waals surface area (Å²) in [5.41, 5.74) is -0.652. The van der Waals surface area contributed by atoms with Gasteiger partial charge in [0.15, 0.2) is 0 Å². The molecule has 3 amide bonds. The lowest BCUT2D eigenvalue weighted by Crippen LogP contribution is -2.56. The van der Waals surface area contributed by atoms with E-state index < -0.39 is 41.8 Å². The van der Waals surface area contributed by atoms with Crippen molar-refractivity contribution < 1.29 is 31.9 Å². The van der Waals surface area contributed by atoms with E-state index in [4.69, 9.17) is 0 Å². The summed E-state index contributed by atoms with van der Waals surface area (Å²) in [6.45, 7) is -0.358. The Bertz CT molecular complexity index is 944. The number of hydrogen-bond acceptors (Lipinski definition) is 3. The first kappa shape index (κ1) is 20.3. The maximum absolute atomic E-state index is 13.0. The molecule has 1 fully saturated rings.